The number of hydrogen-bond acceptors (Lipinski definition) is 1. The van der Waals surface area contributed by atoms with Crippen molar-refractivity contribution in [2.75, 3.05) is 0 Å². The molecule has 1 rings (SSSR count). The molecule has 0 aliphatic rings. The second-order valence-electron chi connectivity index (χ2n) is 2.78. The monoisotopic (exact) mass is 307 g/mol. The third kappa shape index (κ3) is 2.47. The van der Waals surface area contributed by atoms with E-state index in [0.29, 0.717) is 6.20 Å². The maximum Gasteiger partial charge on any atom is 0.418 e. The van der Waals surface area contributed by atoms with Gasteiger partial charge in [0.05, 0.1) is 11.8 Å². The molecule has 0 spiro atoms. The molecule has 0 radical (unpaired) electrons. The first-order valence-corrected chi connectivity index (χ1v) is 4.99. The smallest absolute Gasteiger partial charge is 0.252 e. The lowest BCUT2D eigenvalue weighted by molar-refractivity contribution is -0.140. The van der Waals surface area contributed by atoms with Gasteiger partial charge in [-0.05, 0) is 0 Å². The van der Waals surface area contributed by atoms with Crippen molar-refractivity contribution in [1.82, 2.24) is 4.98 Å². The second kappa shape index (κ2) is 4.60. The number of aromatic nitrogens is 1. The van der Waals surface area contributed by atoms with Crippen LogP contribution in [0, 0.1) is 5.82 Å². The van der Waals surface area contributed by atoms with E-state index in [1.807, 2.05) is 0 Å². The number of nitrogens with zero attached hydrogens (tertiary/aromatic N) is 1. The van der Waals surface area contributed by atoms with Crippen LogP contribution in [0.1, 0.15) is 23.2 Å². The largest absolute Gasteiger partial charge is 0.418 e. The van der Waals surface area contributed by atoms with Crippen molar-refractivity contribution in [3.63, 3.8) is 0 Å². The van der Waals surface area contributed by atoms with Crippen molar-refractivity contribution in [1.29, 1.82) is 0 Å². The van der Waals surface area contributed by atoms with Gasteiger partial charge in [0.15, 0.2) is 0 Å². The predicted molar refractivity (Wildman–Crippen MR) is 46.8 cm³/mol. The van der Waals surface area contributed by atoms with Gasteiger partial charge in [-0.3, -0.25) is 4.98 Å². The lowest BCUT2D eigenvalue weighted by Crippen LogP contribution is -2.16. The first kappa shape index (κ1) is 13.3. The van der Waals surface area contributed by atoms with Crippen molar-refractivity contribution in [3.8, 4) is 0 Å². The highest BCUT2D eigenvalue weighted by atomic mass is 79.9. The summed E-state index contributed by atoms with van der Waals surface area (Å²) in [7, 11) is 0. The molecule has 1 aromatic rings. The number of halogens is 7. The first-order chi connectivity index (χ1) is 7.29. The highest BCUT2D eigenvalue weighted by Crippen LogP contribution is 2.39. The summed E-state index contributed by atoms with van der Waals surface area (Å²) in [6.07, 6.45) is -8.12. The van der Waals surface area contributed by atoms with Crippen LogP contribution in [0.4, 0.5) is 26.3 Å². The summed E-state index contributed by atoms with van der Waals surface area (Å²) in [4.78, 5) is 2.79. The van der Waals surface area contributed by atoms with Crippen LogP contribution in [0.2, 0.25) is 0 Å². The first-order valence-electron chi connectivity index (χ1n) is 3.87. The van der Waals surface area contributed by atoms with Crippen LogP contribution >= 0.6 is 15.9 Å². The van der Waals surface area contributed by atoms with Crippen LogP contribution in [0.3, 0.4) is 0 Å². The van der Waals surface area contributed by atoms with Crippen LogP contribution in [-0.2, 0) is 11.5 Å². The number of pyridine rings is 1. The molecule has 1 heterocycles. The van der Waals surface area contributed by atoms with E-state index in [2.05, 4.69) is 20.9 Å². The van der Waals surface area contributed by atoms with Gasteiger partial charge < -0.3 is 0 Å². The van der Waals surface area contributed by atoms with Crippen molar-refractivity contribution in [3.05, 3.63) is 28.8 Å². The third-order valence-corrected chi connectivity index (χ3v) is 2.35. The fourth-order valence-corrected chi connectivity index (χ4v) is 1.70. The van der Waals surface area contributed by atoms with Crippen LogP contribution < -0.4 is 0 Å². The molecule has 0 unspecified atom stereocenters. The Bertz CT molecular complexity index is 389. The minimum absolute atomic E-state index is 0.354. The summed E-state index contributed by atoms with van der Waals surface area (Å²) in [6, 6.07) is 0. The van der Waals surface area contributed by atoms with E-state index >= 15 is 0 Å². The fourth-order valence-electron chi connectivity index (χ4n) is 1.16. The molecule has 16 heavy (non-hydrogen) atoms. The summed E-state index contributed by atoms with van der Waals surface area (Å²) in [6.45, 7) is 0. The zero-order chi connectivity index (χ0) is 12.5. The second-order valence-corrected chi connectivity index (χ2v) is 3.34. The van der Waals surface area contributed by atoms with E-state index in [0.717, 1.165) is 0 Å². The highest BCUT2D eigenvalue weighted by molar-refractivity contribution is 9.08. The zero-order valence-corrected chi connectivity index (χ0v) is 9.04. The summed E-state index contributed by atoms with van der Waals surface area (Å²) in [5.41, 5.74) is -4.03. The highest BCUT2D eigenvalue weighted by Gasteiger charge is 2.40. The molecule has 0 saturated carbocycles. The SMILES string of the molecule is Fc1cnc(C(F)F)c(C(F)(F)F)c1CBr. The molecule has 0 saturated heterocycles. The minimum Gasteiger partial charge on any atom is -0.252 e. The van der Waals surface area contributed by atoms with E-state index in [1.165, 1.54) is 0 Å². The lowest BCUT2D eigenvalue weighted by Gasteiger charge is -2.15. The molecule has 0 bridgehead atoms. The average Bonchev–Trinajstić information content (AvgIpc) is 2.15. The molecule has 1 aromatic heterocycles. The normalized spacial score (nSPS) is 12.2. The molecule has 0 N–H and O–H groups in total. The zero-order valence-electron chi connectivity index (χ0n) is 7.45. The Hall–Kier alpha value is -0.790. The fraction of sp³-hybridized carbons (Fsp3) is 0.375. The van der Waals surface area contributed by atoms with Crippen molar-refractivity contribution in [2.45, 2.75) is 17.9 Å². The van der Waals surface area contributed by atoms with E-state index in [-0.39, 0.29) is 0 Å². The van der Waals surface area contributed by atoms with Crippen LogP contribution in [-0.4, -0.2) is 4.98 Å². The molecule has 0 atom stereocenters. The van der Waals surface area contributed by atoms with Gasteiger partial charge in [0, 0.05) is 10.9 Å². The Morgan fingerprint density at radius 1 is 1.31 bits per heavy atom. The van der Waals surface area contributed by atoms with Gasteiger partial charge in [0.2, 0.25) is 0 Å². The molecule has 0 fully saturated rings. The van der Waals surface area contributed by atoms with Gasteiger partial charge >= 0.3 is 6.18 Å². The predicted octanol–water partition coefficient (Wildman–Crippen LogP) is 4.07. The molecule has 0 aromatic carbocycles. The van der Waals surface area contributed by atoms with Crippen molar-refractivity contribution in [2.24, 2.45) is 0 Å². The third-order valence-electron chi connectivity index (χ3n) is 1.79. The Balaban J connectivity index is 3.54. The quantitative estimate of drug-likeness (QED) is 0.593. The van der Waals surface area contributed by atoms with Crippen molar-refractivity contribution >= 4 is 15.9 Å². The molecule has 0 aliphatic carbocycles. The van der Waals surface area contributed by atoms with Gasteiger partial charge in [-0.25, -0.2) is 13.2 Å². The maximum absolute atomic E-state index is 13.0. The van der Waals surface area contributed by atoms with E-state index < -0.39 is 40.6 Å². The van der Waals surface area contributed by atoms with Gasteiger partial charge in [-0.1, -0.05) is 15.9 Å². The minimum atomic E-state index is -5.07. The molecule has 0 aliphatic heterocycles. The van der Waals surface area contributed by atoms with Gasteiger partial charge in [-0.15, -0.1) is 0 Å². The maximum atomic E-state index is 13.0. The van der Waals surface area contributed by atoms with E-state index in [9.17, 15) is 26.3 Å². The Kier molecular flexibility index (Phi) is 3.82. The Morgan fingerprint density at radius 2 is 1.88 bits per heavy atom. The molecular formula is C8H4BrF6N. The molecule has 8 heteroatoms. The van der Waals surface area contributed by atoms with Gasteiger partial charge in [0.25, 0.3) is 6.43 Å². The summed E-state index contributed by atoms with van der Waals surface area (Å²) in [5, 5.41) is -0.518. The van der Waals surface area contributed by atoms with Crippen molar-refractivity contribution < 1.29 is 26.3 Å². The molecule has 0 amide bonds. The average molecular weight is 308 g/mol. The summed E-state index contributed by atoms with van der Waals surface area (Å²) in [5.74, 6) is -1.27. The topological polar surface area (TPSA) is 12.9 Å². The molecule has 90 valence electrons. The molecule has 1 nitrogen and oxygen atoms in total. The van der Waals surface area contributed by atoms with Gasteiger partial charge in [0.1, 0.15) is 11.5 Å². The number of hydrogen-bond donors (Lipinski definition) is 0. The Labute approximate surface area is 94.6 Å². The van der Waals surface area contributed by atoms with Crippen LogP contribution in [0.15, 0.2) is 6.20 Å². The van der Waals surface area contributed by atoms with Crippen LogP contribution in [0.25, 0.3) is 0 Å². The molecular weight excluding hydrogens is 304 g/mol. The van der Waals surface area contributed by atoms with Crippen LogP contribution in [0.5, 0.6) is 0 Å². The number of rotatable bonds is 2. The summed E-state index contributed by atoms with van der Waals surface area (Å²) < 4.78 is 75.0. The van der Waals surface area contributed by atoms with E-state index in [1.54, 1.807) is 0 Å². The van der Waals surface area contributed by atoms with E-state index in [4.69, 9.17) is 0 Å². The Morgan fingerprint density at radius 3 is 2.25 bits per heavy atom. The lowest BCUT2D eigenvalue weighted by atomic mass is 10.1. The van der Waals surface area contributed by atoms with Gasteiger partial charge in [-0.2, -0.15) is 13.2 Å². The summed E-state index contributed by atoms with van der Waals surface area (Å²) >= 11 is 2.62. The standard InChI is InChI=1S/C8H4BrF6N/c9-1-3-4(10)2-16-6(7(11)12)5(3)8(13,14)15/h2,7H,1H2. The number of alkyl halides is 6.